The molecule has 0 bridgehead atoms. The number of fused-ring (bicyclic) bond motifs is 1. The van der Waals surface area contributed by atoms with Crippen LogP contribution < -0.4 is 10.3 Å². The summed E-state index contributed by atoms with van der Waals surface area (Å²) in [7, 11) is 0. The van der Waals surface area contributed by atoms with E-state index < -0.39 is 6.10 Å². The van der Waals surface area contributed by atoms with Gasteiger partial charge in [-0.2, -0.15) is 5.10 Å². The highest BCUT2D eigenvalue weighted by Crippen LogP contribution is 2.19. The van der Waals surface area contributed by atoms with Crippen LogP contribution in [0.1, 0.15) is 17.0 Å². The molecule has 0 fully saturated rings. The zero-order chi connectivity index (χ0) is 21.3. The molecule has 154 valence electrons. The van der Waals surface area contributed by atoms with Crippen molar-refractivity contribution in [3.63, 3.8) is 0 Å². The Morgan fingerprint density at radius 1 is 1.10 bits per heavy atom. The number of aliphatic hydroxyl groups excluding tert-OH is 1. The molecule has 30 heavy (non-hydrogen) atoms. The Bertz CT molecular complexity index is 1240. The molecule has 0 aliphatic rings. The lowest BCUT2D eigenvalue weighted by molar-refractivity contribution is 0.0905. The minimum atomic E-state index is -0.856. The Hall–Kier alpha value is -3.45. The van der Waals surface area contributed by atoms with Crippen molar-refractivity contribution in [3.8, 4) is 11.4 Å². The molecular formula is C23H24N4O3. The Kier molecular flexibility index (Phi) is 5.37. The summed E-state index contributed by atoms with van der Waals surface area (Å²) < 4.78 is 8.87. The van der Waals surface area contributed by atoms with E-state index in [1.54, 1.807) is 11.6 Å². The molecule has 2 aromatic heterocycles. The zero-order valence-electron chi connectivity index (χ0n) is 17.2. The van der Waals surface area contributed by atoms with Gasteiger partial charge >= 0.3 is 0 Å². The van der Waals surface area contributed by atoms with E-state index in [1.807, 2.05) is 62.4 Å². The van der Waals surface area contributed by atoms with Gasteiger partial charge in [-0.05, 0) is 44.5 Å². The van der Waals surface area contributed by atoms with Crippen LogP contribution in [0.3, 0.4) is 0 Å². The van der Waals surface area contributed by atoms with Gasteiger partial charge in [0.25, 0.3) is 5.56 Å². The smallest absolute Gasteiger partial charge is 0.264 e. The summed E-state index contributed by atoms with van der Waals surface area (Å²) in [5, 5.41) is 15.2. The molecule has 4 aromatic rings. The summed E-state index contributed by atoms with van der Waals surface area (Å²) >= 11 is 0. The number of aryl methyl sites for hydroxylation is 3. The van der Waals surface area contributed by atoms with Crippen LogP contribution in [-0.4, -0.2) is 37.1 Å². The maximum absolute atomic E-state index is 13.0. The van der Waals surface area contributed by atoms with Gasteiger partial charge in [-0.3, -0.25) is 9.36 Å². The maximum atomic E-state index is 13.0. The SMILES string of the molecule is Cc1ccc(OC[C@@H](O)Cn2c(C)nc3c(cnn3-c3ccccc3)c2=O)c(C)c1. The van der Waals surface area contributed by atoms with Gasteiger partial charge in [-0.15, -0.1) is 0 Å². The van der Waals surface area contributed by atoms with Gasteiger partial charge in [0, 0.05) is 0 Å². The molecule has 0 aliphatic carbocycles. The van der Waals surface area contributed by atoms with Gasteiger partial charge in [0.1, 0.15) is 29.7 Å². The summed E-state index contributed by atoms with van der Waals surface area (Å²) in [6, 6.07) is 15.4. The number of aliphatic hydroxyl groups is 1. The van der Waals surface area contributed by atoms with Crippen LogP contribution in [0.2, 0.25) is 0 Å². The van der Waals surface area contributed by atoms with E-state index in [4.69, 9.17) is 4.74 Å². The molecule has 0 saturated heterocycles. The molecule has 1 N–H and O–H groups in total. The maximum Gasteiger partial charge on any atom is 0.264 e. The summed E-state index contributed by atoms with van der Waals surface area (Å²) in [5.74, 6) is 1.23. The molecule has 2 heterocycles. The Labute approximate surface area is 174 Å². The van der Waals surface area contributed by atoms with Crippen molar-refractivity contribution in [2.24, 2.45) is 0 Å². The first-order chi connectivity index (χ1) is 14.4. The quantitative estimate of drug-likeness (QED) is 0.534. The van der Waals surface area contributed by atoms with Gasteiger partial charge in [0.05, 0.1) is 18.4 Å². The number of hydrogen-bond acceptors (Lipinski definition) is 5. The first-order valence-corrected chi connectivity index (χ1v) is 9.83. The zero-order valence-corrected chi connectivity index (χ0v) is 17.2. The highest BCUT2D eigenvalue weighted by atomic mass is 16.5. The highest BCUT2D eigenvalue weighted by Gasteiger charge is 2.17. The molecule has 0 unspecified atom stereocenters. The van der Waals surface area contributed by atoms with Crippen molar-refractivity contribution in [1.82, 2.24) is 19.3 Å². The van der Waals surface area contributed by atoms with Crippen LogP contribution in [0.15, 0.2) is 59.5 Å². The average Bonchev–Trinajstić information content (AvgIpc) is 3.15. The van der Waals surface area contributed by atoms with Crippen molar-refractivity contribution in [3.05, 3.63) is 82.0 Å². The van der Waals surface area contributed by atoms with Crippen molar-refractivity contribution in [2.45, 2.75) is 33.4 Å². The van der Waals surface area contributed by atoms with Crippen molar-refractivity contribution in [1.29, 1.82) is 0 Å². The Morgan fingerprint density at radius 3 is 2.60 bits per heavy atom. The lowest BCUT2D eigenvalue weighted by Gasteiger charge is -2.16. The lowest BCUT2D eigenvalue weighted by Crippen LogP contribution is -2.32. The normalized spacial score (nSPS) is 12.3. The molecular weight excluding hydrogens is 380 g/mol. The molecule has 0 amide bonds. The summed E-state index contributed by atoms with van der Waals surface area (Å²) in [6.07, 6.45) is 0.664. The molecule has 0 spiro atoms. The third-order valence-corrected chi connectivity index (χ3v) is 5.03. The van der Waals surface area contributed by atoms with E-state index in [2.05, 4.69) is 10.1 Å². The second-order valence-corrected chi connectivity index (χ2v) is 7.44. The summed E-state index contributed by atoms with van der Waals surface area (Å²) in [4.78, 5) is 17.6. The monoisotopic (exact) mass is 404 g/mol. The van der Waals surface area contributed by atoms with Crippen molar-refractivity contribution >= 4 is 11.0 Å². The van der Waals surface area contributed by atoms with Crippen LogP contribution in [0.25, 0.3) is 16.7 Å². The van der Waals surface area contributed by atoms with Gasteiger partial charge in [0.15, 0.2) is 5.65 Å². The highest BCUT2D eigenvalue weighted by molar-refractivity contribution is 5.75. The van der Waals surface area contributed by atoms with Crippen LogP contribution in [0.5, 0.6) is 5.75 Å². The number of ether oxygens (including phenoxy) is 1. The number of para-hydroxylation sites is 1. The van der Waals surface area contributed by atoms with E-state index in [0.29, 0.717) is 16.9 Å². The van der Waals surface area contributed by atoms with Crippen molar-refractivity contribution < 1.29 is 9.84 Å². The predicted octanol–water partition coefficient (Wildman–Crippen LogP) is 2.95. The standard InChI is InChI=1S/C23H24N4O3/c1-15-9-10-21(16(2)11-15)30-14-19(28)13-26-17(3)25-22-20(23(26)29)12-24-27(22)18-7-5-4-6-8-18/h4-12,19,28H,13-14H2,1-3H3/t19-/m0/s1. The number of benzene rings is 2. The lowest BCUT2D eigenvalue weighted by atomic mass is 10.1. The van der Waals surface area contributed by atoms with E-state index in [1.165, 1.54) is 10.8 Å². The van der Waals surface area contributed by atoms with Crippen LogP contribution in [0.4, 0.5) is 0 Å². The Balaban J connectivity index is 1.56. The van der Waals surface area contributed by atoms with Gasteiger partial charge in [-0.1, -0.05) is 35.9 Å². The molecule has 0 radical (unpaired) electrons. The van der Waals surface area contributed by atoms with Crippen LogP contribution >= 0.6 is 0 Å². The van der Waals surface area contributed by atoms with E-state index in [-0.39, 0.29) is 18.7 Å². The molecule has 7 heteroatoms. The molecule has 1 atom stereocenters. The third-order valence-electron chi connectivity index (χ3n) is 5.03. The Morgan fingerprint density at radius 2 is 1.87 bits per heavy atom. The molecule has 7 nitrogen and oxygen atoms in total. The molecule has 4 rings (SSSR count). The third kappa shape index (κ3) is 3.84. The summed E-state index contributed by atoms with van der Waals surface area (Å²) in [6.45, 7) is 5.91. The largest absolute Gasteiger partial charge is 0.491 e. The second kappa shape index (κ2) is 8.12. The number of rotatable bonds is 6. The van der Waals surface area contributed by atoms with Crippen molar-refractivity contribution in [2.75, 3.05) is 6.61 Å². The fourth-order valence-corrected chi connectivity index (χ4v) is 3.49. The first-order valence-electron chi connectivity index (χ1n) is 9.83. The first kappa shape index (κ1) is 19.8. The van der Waals surface area contributed by atoms with Gasteiger partial charge in [-0.25, -0.2) is 9.67 Å². The van der Waals surface area contributed by atoms with Crippen LogP contribution in [0, 0.1) is 20.8 Å². The second-order valence-electron chi connectivity index (χ2n) is 7.44. The predicted molar refractivity (Wildman–Crippen MR) is 115 cm³/mol. The minimum absolute atomic E-state index is 0.0805. The number of nitrogens with zero attached hydrogens (tertiary/aromatic N) is 4. The van der Waals surface area contributed by atoms with E-state index in [0.717, 1.165) is 22.6 Å². The van der Waals surface area contributed by atoms with Gasteiger partial charge in [0.2, 0.25) is 0 Å². The average molecular weight is 404 g/mol. The number of aromatic nitrogens is 4. The minimum Gasteiger partial charge on any atom is -0.491 e. The molecule has 2 aromatic carbocycles. The number of hydrogen-bond donors (Lipinski definition) is 1. The topological polar surface area (TPSA) is 82.2 Å². The van der Waals surface area contributed by atoms with E-state index in [9.17, 15) is 9.90 Å². The fourth-order valence-electron chi connectivity index (χ4n) is 3.49. The molecule has 0 saturated carbocycles. The van der Waals surface area contributed by atoms with Crippen LogP contribution in [-0.2, 0) is 6.54 Å². The fraction of sp³-hybridized carbons (Fsp3) is 0.261. The summed E-state index contributed by atoms with van der Waals surface area (Å²) in [5.41, 5.74) is 3.26. The molecule has 0 aliphatic heterocycles. The van der Waals surface area contributed by atoms with E-state index >= 15 is 0 Å². The van der Waals surface area contributed by atoms with Gasteiger partial charge < -0.3 is 9.84 Å².